The number of aliphatic hydroxyl groups excluding tert-OH is 1. The van der Waals surface area contributed by atoms with Crippen LogP contribution < -0.4 is 5.69 Å². The average Bonchev–Trinajstić information content (AvgIpc) is 3.53. The first-order valence-corrected chi connectivity index (χ1v) is 13.4. The first-order valence-electron chi connectivity index (χ1n) is 13.0. The van der Waals surface area contributed by atoms with Crippen molar-refractivity contribution in [2.45, 2.75) is 45.1 Å². The number of alkyl halides is 3. The van der Waals surface area contributed by atoms with Gasteiger partial charge >= 0.3 is 11.9 Å². The number of piperidine rings is 1. The van der Waals surface area contributed by atoms with Gasteiger partial charge in [0.25, 0.3) is 5.91 Å². The highest BCUT2D eigenvalue weighted by Gasteiger charge is 2.39. The first-order chi connectivity index (χ1) is 19.5. The van der Waals surface area contributed by atoms with Crippen LogP contribution in [-0.2, 0) is 13.1 Å². The summed E-state index contributed by atoms with van der Waals surface area (Å²) in [7, 11) is 0. The molecule has 0 bridgehead atoms. The zero-order valence-corrected chi connectivity index (χ0v) is 22.8. The Labute approximate surface area is 237 Å². The zero-order valence-electron chi connectivity index (χ0n) is 22.0. The van der Waals surface area contributed by atoms with Crippen LogP contribution in [0.5, 0.6) is 0 Å². The molecule has 2 unspecified atom stereocenters. The molecule has 2 atom stereocenters. The number of carbonyl (C=O) groups excluding carboxylic acids is 1. The molecule has 1 saturated heterocycles. The van der Waals surface area contributed by atoms with Gasteiger partial charge < -0.3 is 10.0 Å². The number of amides is 1. The van der Waals surface area contributed by atoms with Crippen LogP contribution >= 0.6 is 11.6 Å². The summed E-state index contributed by atoms with van der Waals surface area (Å²) in [4.78, 5) is 32.6. The second-order valence-corrected chi connectivity index (χ2v) is 10.5. The fourth-order valence-corrected chi connectivity index (χ4v) is 4.94. The Morgan fingerprint density at radius 3 is 2.59 bits per heavy atom. The van der Waals surface area contributed by atoms with Gasteiger partial charge in [-0.15, -0.1) is 10.2 Å². The maximum absolute atomic E-state index is 13.3. The van der Waals surface area contributed by atoms with Crippen LogP contribution in [0.1, 0.15) is 35.9 Å². The molecule has 1 aliphatic heterocycles. The molecule has 1 amide bonds. The Morgan fingerprint density at radius 2 is 1.88 bits per heavy atom. The van der Waals surface area contributed by atoms with Crippen molar-refractivity contribution < 1.29 is 23.1 Å². The SMILES string of the molecule is CC1CCCN(C(=O)c2ccccc2-n2cnc(Cn3nc(-c4ccc(Cl)cc4)n(CC(O)C(F)(F)F)c3=O)n2)C1. The van der Waals surface area contributed by atoms with E-state index < -0.39 is 24.5 Å². The molecule has 216 valence electrons. The van der Waals surface area contributed by atoms with Crippen LogP contribution in [0, 0.1) is 5.92 Å². The molecule has 14 heteroatoms. The van der Waals surface area contributed by atoms with E-state index in [4.69, 9.17) is 11.6 Å². The molecule has 0 radical (unpaired) electrons. The Bertz CT molecular complexity index is 1600. The molecule has 10 nitrogen and oxygen atoms in total. The van der Waals surface area contributed by atoms with Crippen molar-refractivity contribution in [3.05, 3.63) is 81.8 Å². The summed E-state index contributed by atoms with van der Waals surface area (Å²) in [5.74, 6) is 0.353. The fourth-order valence-electron chi connectivity index (χ4n) is 4.82. The van der Waals surface area contributed by atoms with E-state index in [0.717, 1.165) is 22.1 Å². The van der Waals surface area contributed by atoms with Crippen LogP contribution in [0.15, 0.2) is 59.7 Å². The monoisotopic (exact) mass is 589 g/mol. The van der Waals surface area contributed by atoms with Crippen molar-refractivity contribution in [3.63, 3.8) is 0 Å². The van der Waals surface area contributed by atoms with Gasteiger partial charge in [-0.25, -0.2) is 19.1 Å². The van der Waals surface area contributed by atoms with Gasteiger partial charge in [0, 0.05) is 23.7 Å². The van der Waals surface area contributed by atoms with E-state index in [0.29, 0.717) is 40.8 Å². The Kier molecular flexibility index (Phi) is 8.00. The molecule has 2 aromatic heterocycles. The van der Waals surface area contributed by atoms with Crippen LogP contribution in [0.25, 0.3) is 17.1 Å². The lowest BCUT2D eigenvalue weighted by molar-refractivity contribution is -0.207. The van der Waals surface area contributed by atoms with E-state index in [9.17, 15) is 27.9 Å². The van der Waals surface area contributed by atoms with Gasteiger partial charge in [-0.1, -0.05) is 30.7 Å². The van der Waals surface area contributed by atoms with E-state index >= 15 is 0 Å². The number of likely N-dealkylation sites (tertiary alicyclic amines) is 1. The molecule has 4 aromatic rings. The number of aromatic nitrogens is 6. The lowest BCUT2D eigenvalue weighted by Gasteiger charge is -2.31. The third-order valence-corrected chi connectivity index (χ3v) is 7.17. The van der Waals surface area contributed by atoms with E-state index in [-0.39, 0.29) is 24.1 Å². The topological polar surface area (TPSA) is 111 Å². The number of para-hydroxylation sites is 1. The molecule has 3 heterocycles. The normalized spacial score (nSPS) is 16.6. The molecule has 2 aromatic carbocycles. The number of halogens is 4. The number of benzene rings is 2. The Hall–Kier alpha value is -3.97. The molecule has 1 fully saturated rings. The lowest BCUT2D eigenvalue weighted by atomic mass is 9.99. The minimum Gasteiger partial charge on any atom is -0.382 e. The number of carbonyl (C=O) groups is 1. The maximum Gasteiger partial charge on any atom is 0.416 e. The van der Waals surface area contributed by atoms with Crippen LogP contribution in [0.2, 0.25) is 5.02 Å². The van der Waals surface area contributed by atoms with Crippen molar-refractivity contribution in [1.29, 1.82) is 0 Å². The van der Waals surface area contributed by atoms with Gasteiger partial charge in [-0.2, -0.15) is 13.2 Å². The number of nitrogens with zero attached hydrogens (tertiary/aromatic N) is 7. The number of hydrogen-bond acceptors (Lipinski definition) is 6. The average molecular weight is 590 g/mol. The van der Waals surface area contributed by atoms with Crippen molar-refractivity contribution in [2.24, 2.45) is 5.92 Å². The molecule has 5 rings (SSSR count). The third-order valence-electron chi connectivity index (χ3n) is 6.91. The first kappa shape index (κ1) is 28.6. The van der Waals surface area contributed by atoms with E-state index in [2.05, 4.69) is 22.1 Å². The summed E-state index contributed by atoms with van der Waals surface area (Å²) in [6, 6.07) is 13.0. The second-order valence-electron chi connectivity index (χ2n) is 10.1. The van der Waals surface area contributed by atoms with E-state index in [1.807, 2.05) is 4.90 Å². The van der Waals surface area contributed by atoms with Crippen molar-refractivity contribution in [3.8, 4) is 17.1 Å². The summed E-state index contributed by atoms with van der Waals surface area (Å²) in [6.45, 7) is 2.14. The molecule has 1 aliphatic rings. The zero-order chi connectivity index (χ0) is 29.3. The predicted molar refractivity (Wildman–Crippen MR) is 144 cm³/mol. The quantitative estimate of drug-likeness (QED) is 0.351. The van der Waals surface area contributed by atoms with Crippen molar-refractivity contribution >= 4 is 17.5 Å². The number of aliphatic hydroxyl groups is 1. The minimum absolute atomic E-state index is 0.0823. The van der Waals surface area contributed by atoms with Gasteiger partial charge in [0.05, 0.1) is 17.8 Å². The standard InChI is InChI=1S/C27H27ClF3N7O3/c1-17-5-4-12-35(13-17)25(40)20-6-2-3-7-21(20)38-16-32-23(33-38)15-37-26(41)36(14-22(39)27(29,30)31)24(34-37)18-8-10-19(28)11-9-18/h2-3,6-11,16-17,22,39H,4-5,12-15H2,1H3. The molecule has 1 N–H and O–H groups in total. The number of rotatable bonds is 7. The Morgan fingerprint density at radius 1 is 1.15 bits per heavy atom. The van der Waals surface area contributed by atoms with Crippen molar-refractivity contribution in [2.75, 3.05) is 13.1 Å². The van der Waals surface area contributed by atoms with Gasteiger partial charge in [0.1, 0.15) is 12.9 Å². The van der Waals surface area contributed by atoms with E-state index in [1.54, 1.807) is 24.3 Å². The highest BCUT2D eigenvalue weighted by molar-refractivity contribution is 6.30. The van der Waals surface area contributed by atoms with E-state index in [1.165, 1.54) is 35.3 Å². The van der Waals surface area contributed by atoms with Crippen LogP contribution in [0.4, 0.5) is 13.2 Å². The predicted octanol–water partition coefficient (Wildman–Crippen LogP) is 3.79. The highest BCUT2D eigenvalue weighted by Crippen LogP contribution is 2.25. The molecule has 41 heavy (non-hydrogen) atoms. The summed E-state index contributed by atoms with van der Waals surface area (Å²) in [5.41, 5.74) is 0.398. The summed E-state index contributed by atoms with van der Waals surface area (Å²) < 4.78 is 42.5. The fraction of sp³-hybridized carbons (Fsp3) is 0.370. The highest BCUT2D eigenvalue weighted by atomic mass is 35.5. The van der Waals surface area contributed by atoms with Crippen LogP contribution in [0.3, 0.4) is 0 Å². The summed E-state index contributed by atoms with van der Waals surface area (Å²) >= 11 is 5.94. The lowest BCUT2D eigenvalue weighted by Crippen LogP contribution is -2.39. The largest absolute Gasteiger partial charge is 0.416 e. The number of hydrogen-bond donors (Lipinski definition) is 1. The van der Waals surface area contributed by atoms with Gasteiger partial charge in [0.2, 0.25) is 0 Å². The molecule has 0 spiro atoms. The molecular weight excluding hydrogens is 563 g/mol. The van der Waals surface area contributed by atoms with Crippen molar-refractivity contribution in [1.82, 2.24) is 34.0 Å². The summed E-state index contributed by atoms with van der Waals surface area (Å²) in [5, 5.41) is 18.7. The third kappa shape index (κ3) is 6.20. The smallest absolute Gasteiger partial charge is 0.382 e. The summed E-state index contributed by atoms with van der Waals surface area (Å²) in [6.07, 6.45) is -4.31. The molecular formula is C27H27ClF3N7O3. The maximum atomic E-state index is 13.3. The van der Waals surface area contributed by atoms with Gasteiger partial charge in [-0.05, 0) is 55.2 Å². The second kappa shape index (κ2) is 11.5. The molecule has 0 saturated carbocycles. The van der Waals surface area contributed by atoms with Crippen LogP contribution in [-0.4, -0.2) is 70.4 Å². The van der Waals surface area contributed by atoms with Gasteiger partial charge in [0.15, 0.2) is 17.8 Å². The molecule has 0 aliphatic carbocycles. The Balaban J connectivity index is 1.45. The minimum atomic E-state index is -4.93. The van der Waals surface area contributed by atoms with Gasteiger partial charge in [-0.3, -0.25) is 9.36 Å².